The Kier molecular flexibility index (Phi) is 3.19. The Labute approximate surface area is 130 Å². The molecule has 0 spiro atoms. The van der Waals surface area contributed by atoms with Gasteiger partial charge in [0, 0.05) is 28.0 Å². The summed E-state index contributed by atoms with van der Waals surface area (Å²) < 4.78 is 6.31. The first-order chi connectivity index (χ1) is 10.8. The normalized spacial score (nSPS) is 17.2. The molecule has 0 N–H and O–H groups in total. The lowest BCUT2D eigenvalue weighted by molar-refractivity contribution is 0.620. The molecule has 2 aromatic carbocycles. The van der Waals surface area contributed by atoms with E-state index in [1.807, 2.05) is 6.07 Å². The molecule has 1 aliphatic rings. The molecular weight excluding hydrogens is 268 g/mol. The molecule has 0 aliphatic heterocycles. The van der Waals surface area contributed by atoms with Crippen LogP contribution in [-0.4, -0.2) is 0 Å². The predicted octanol–water partition coefficient (Wildman–Crippen LogP) is 6.01. The number of para-hydroxylation sites is 1. The van der Waals surface area contributed by atoms with E-state index in [9.17, 15) is 0 Å². The first kappa shape index (κ1) is 13.1. The van der Waals surface area contributed by atoms with Crippen molar-refractivity contribution in [3.63, 3.8) is 0 Å². The fourth-order valence-electron chi connectivity index (χ4n) is 3.23. The summed E-state index contributed by atoms with van der Waals surface area (Å²) in [5.41, 5.74) is 4.67. The molecule has 1 unspecified atom stereocenters. The topological polar surface area (TPSA) is 13.1 Å². The van der Waals surface area contributed by atoms with Gasteiger partial charge in [0.25, 0.3) is 0 Å². The van der Waals surface area contributed by atoms with Crippen LogP contribution in [0.15, 0.2) is 77.3 Å². The van der Waals surface area contributed by atoms with E-state index in [-0.39, 0.29) is 0 Å². The van der Waals surface area contributed by atoms with Crippen molar-refractivity contribution in [1.82, 2.24) is 0 Å². The third kappa shape index (κ3) is 2.10. The molecule has 4 rings (SSSR count). The van der Waals surface area contributed by atoms with Gasteiger partial charge in [0.05, 0.1) is 0 Å². The second kappa shape index (κ2) is 5.34. The van der Waals surface area contributed by atoms with Gasteiger partial charge in [0.2, 0.25) is 0 Å². The van der Waals surface area contributed by atoms with Crippen LogP contribution in [0.5, 0.6) is 0 Å². The fourth-order valence-corrected chi connectivity index (χ4v) is 3.23. The van der Waals surface area contributed by atoms with Crippen molar-refractivity contribution in [2.24, 2.45) is 0 Å². The van der Waals surface area contributed by atoms with Crippen LogP contribution >= 0.6 is 0 Å². The zero-order chi connectivity index (χ0) is 14.9. The summed E-state index contributed by atoms with van der Waals surface area (Å²) in [6.45, 7) is 2.15. The molecule has 0 fully saturated rings. The van der Waals surface area contributed by atoms with Crippen LogP contribution < -0.4 is 0 Å². The molecule has 1 heteroatoms. The van der Waals surface area contributed by atoms with Crippen LogP contribution in [-0.2, 0) is 0 Å². The first-order valence-electron chi connectivity index (χ1n) is 7.75. The van der Waals surface area contributed by atoms with Gasteiger partial charge in [-0.15, -0.1) is 0 Å². The van der Waals surface area contributed by atoms with Crippen molar-refractivity contribution in [2.75, 3.05) is 0 Å². The second-order valence-corrected chi connectivity index (χ2v) is 5.80. The van der Waals surface area contributed by atoms with Gasteiger partial charge in [-0.25, -0.2) is 0 Å². The maximum atomic E-state index is 6.31. The van der Waals surface area contributed by atoms with Crippen molar-refractivity contribution >= 4 is 11.0 Å². The quantitative estimate of drug-likeness (QED) is 0.562. The number of aryl methyl sites for hydroxylation is 1. The van der Waals surface area contributed by atoms with Gasteiger partial charge in [0.15, 0.2) is 0 Å². The summed E-state index contributed by atoms with van der Waals surface area (Å²) in [7, 11) is 0. The Morgan fingerprint density at radius 3 is 2.59 bits per heavy atom. The van der Waals surface area contributed by atoms with Gasteiger partial charge >= 0.3 is 0 Å². The van der Waals surface area contributed by atoms with Crippen molar-refractivity contribution in [1.29, 1.82) is 0 Å². The summed E-state index contributed by atoms with van der Waals surface area (Å²) in [5.74, 6) is 1.39. The Hall–Kier alpha value is -2.54. The minimum atomic E-state index is 0.405. The highest BCUT2D eigenvalue weighted by molar-refractivity contribution is 5.90. The Bertz CT molecular complexity index is 866. The zero-order valence-electron chi connectivity index (χ0n) is 12.6. The highest BCUT2D eigenvalue weighted by Crippen LogP contribution is 2.38. The zero-order valence-corrected chi connectivity index (χ0v) is 12.6. The number of hydrogen-bond donors (Lipinski definition) is 0. The lowest BCUT2D eigenvalue weighted by Gasteiger charge is -2.13. The number of fused-ring (bicyclic) bond motifs is 1. The minimum absolute atomic E-state index is 0.405. The highest BCUT2D eigenvalue weighted by Gasteiger charge is 2.18. The van der Waals surface area contributed by atoms with Crippen molar-refractivity contribution in [3.8, 4) is 11.3 Å². The Morgan fingerprint density at radius 2 is 1.82 bits per heavy atom. The average molecular weight is 286 g/mol. The predicted molar refractivity (Wildman–Crippen MR) is 92.0 cm³/mol. The molecule has 3 aromatic rings. The van der Waals surface area contributed by atoms with Crippen LogP contribution in [0.4, 0.5) is 0 Å². The maximum Gasteiger partial charge on any atom is 0.138 e. The molecule has 0 radical (unpaired) electrons. The van der Waals surface area contributed by atoms with Crippen LogP contribution in [0.3, 0.4) is 0 Å². The highest BCUT2D eigenvalue weighted by atomic mass is 16.3. The van der Waals surface area contributed by atoms with E-state index >= 15 is 0 Å². The molecule has 1 aliphatic carbocycles. The van der Waals surface area contributed by atoms with Crippen molar-refractivity contribution < 1.29 is 4.42 Å². The second-order valence-electron chi connectivity index (χ2n) is 5.80. The third-order valence-electron chi connectivity index (χ3n) is 4.41. The summed E-state index contributed by atoms with van der Waals surface area (Å²) >= 11 is 0. The van der Waals surface area contributed by atoms with Crippen LogP contribution in [0.2, 0.25) is 0 Å². The minimum Gasteiger partial charge on any atom is -0.455 e. The first-order valence-corrected chi connectivity index (χ1v) is 7.75. The molecule has 1 nitrogen and oxygen atoms in total. The van der Waals surface area contributed by atoms with E-state index < -0.39 is 0 Å². The third-order valence-corrected chi connectivity index (χ3v) is 4.41. The monoisotopic (exact) mass is 286 g/mol. The molecule has 108 valence electrons. The molecular formula is C21H18O. The van der Waals surface area contributed by atoms with Crippen LogP contribution in [0.25, 0.3) is 22.3 Å². The fraction of sp³-hybridized carbons (Fsp3) is 0.143. The van der Waals surface area contributed by atoms with E-state index in [0.717, 1.165) is 23.3 Å². The van der Waals surface area contributed by atoms with Crippen molar-refractivity contribution in [3.05, 3.63) is 84.0 Å². The molecule has 0 bridgehead atoms. The summed E-state index contributed by atoms with van der Waals surface area (Å²) in [6, 6.07) is 16.8. The van der Waals surface area contributed by atoms with Crippen molar-refractivity contribution in [2.45, 2.75) is 19.3 Å². The van der Waals surface area contributed by atoms with E-state index in [2.05, 4.69) is 73.7 Å². The van der Waals surface area contributed by atoms with Crippen LogP contribution in [0, 0.1) is 6.92 Å². The van der Waals surface area contributed by atoms with Gasteiger partial charge in [-0.1, -0.05) is 72.8 Å². The molecule has 22 heavy (non-hydrogen) atoms. The molecule has 1 heterocycles. The number of furan rings is 1. The molecule has 0 saturated heterocycles. The molecule has 1 aromatic heterocycles. The smallest absolute Gasteiger partial charge is 0.138 e. The van der Waals surface area contributed by atoms with Gasteiger partial charge in [0.1, 0.15) is 11.3 Å². The summed E-state index contributed by atoms with van der Waals surface area (Å²) in [4.78, 5) is 0. The van der Waals surface area contributed by atoms with Gasteiger partial charge in [-0.2, -0.15) is 0 Å². The van der Waals surface area contributed by atoms with E-state index in [1.165, 1.54) is 16.5 Å². The lowest BCUT2D eigenvalue weighted by Crippen LogP contribution is -1.96. The standard InChI is InChI=1S/C21H18O/c1-15-18-13-8-14-19(16-9-4-2-5-10-16)21(18)22-20(15)17-11-6-3-7-12-17/h2-9,11-14,16H,10H2,1H3. The maximum absolute atomic E-state index is 6.31. The summed E-state index contributed by atoms with van der Waals surface area (Å²) in [5, 5.41) is 1.22. The Balaban J connectivity index is 1.91. The lowest BCUT2D eigenvalue weighted by atomic mass is 9.91. The number of allylic oxidation sites excluding steroid dienone is 4. The summed E-state index contributed by atoms with van der Waals surface area (Å²) in [6.07, 6.45) is 9.75. The van der Waals surface area contributed by atoms with E-state index in [0.29, 0.717) is 5.92 Å². The largest absolute Gasteiger partial charge is 0.455 e. The van der Waals surface area contributed by atoms with Crippen LogP contribution in [0.1, 0.15) is 23.5 Å². The molecule has 1 atom stereocenters. The van der Waals surface area contributed by atoms with Gasteiger partial charge < -0.3 is 4.42 Å². The van der Waals surface area contributed by atoms with E-state index in [1.54, 1.807) is 0 Å². The Morgan fingerprint density at radius 1 is 0.955 bits per heavy atom. The average Bonchev–Trinajstić information content (AvgIpc) is 2.94. The number of benzene rings is 2. The number of rotatable bonds is 2. The molecule has 0 amide bonds. The van der Waals surface area contributed by atoms with Gasteiger partial charge in [-0.3, -0.25) is 0 Å². The number of hydrogen-bond acceptors (Lipinski definition) is 1. The van der Waals surface area contributed by atoms with E-state index in [4.69, 9.17) is 4.42 Å². The van der Waals surface area contributed by atoms with Gasteiger partial charge in [-0.05, 0) is 13.3 Å². The SMILES string of the molecule is Cc1c(-c2ccccc2)oc2c(C3C=CC=CC3)cccc12. The molecule has 0 saturated carbocycles.